The van der Waals surface area contributed by atoms with Gasteiger partial charge >= 0.3 is 0 Å². The van der Waals surface area contributed by atoms with E-state index in [1.165, 1.54) is 5.69 Å². The molecule has 0 radical (unpaired) electrons. The summed E-state index contributed by atoms with van der Waals surface area (Å²) in [6, 6.07) is 2.11. The van der Waals surface area contributed by atoms with Crippen LogP contribution in [0.4, 0.5) is 0 Å². The number of thioether (sulfide) groups is 1. The van der Waals surface area contributed by atoms with E-state index in [-0.39, 0.29) is 0 Å². The molecule has 0 fully saturated rings. The molecule has 0 saturated heterocycles. The van der Waals surface area contributed by atoms with Crippen LogP contribution in [0.3, 0.4) is 0 Å². The third-order valence-electron chi connectivity index (χ3n) is 2.62. The minimum Gasteiger partial charge on any atom is -0.284 e. The molecule has 2 heterocycles. The summed E-state index contributed by atoms with van der Waals surface area (Å²) in [6.45, 7) is 5.46. The lowest BCUT2D eigenvalue weighted by Gasteiger charge is -2.31. The van der Waals surface area contributed by atoms with Crippen molar-refractivity contribution in [2.24, 2.45) is 0 Å². The van der Waals surface area contributed by atoms with E-state index in [9.17, 15) is 0 Å². The van der Waals surface area contributed by atoms with Crippen LogP contribution in [-0.2, 0) is 13.1 Å². The first kappa shape index (κ1) is 9.09. The first-order chi connectivity index (χ1) is 6.31. The molecule has 1 aliphatic rings. The van der Waals surface area contributed by atoms with Gasteiger partial charge in [-0.05, 0) is 19.2 Å². The summed E-state index contributed by atoms with van der Waals surface area (Å²) in [7, 11) is 0. The molecule has 0 N–H and O–H groups in total. The number of hydrogen-bond acceptors (Lipinski definition) is 3. The van der Waals surface area contributed by atoms with Gasteiger partial charge in [-0.1, -0.05) is 0 Å². The van der Waals surface area contributed by atoms with E-state index in [1.54, 1.807) is 0 Å². The van der Waals surface area contributed by atoms with Crippen molar-refractivity contribution in [3.8, 4) is 0 Å². The Balaban J connectivity index is 2.08. The van der Waals surface area contributed by atoms with Crippen molar-refractivity contribution in [3.05, 3.63) is 18.0 Å². The van der Waals surface area contributed by atoms with Gasteiger partial charge in [0.15, 0.2) is 0 Å². The highest BCUT2D eigenvalue weighted by molar-refractivity contribution is 7.99. The third-order valence-corrected chi connectivity index (χ3v) is 3.60. The van der Waals surface area contributed by atoms with E-state index in [1.807, 2.05) is 18.0 Å². The SMILES string of the molecule is CSC(C)N1CCn2nccc2C1. The molecular weight excluding hydrogens is 182 g/mol. The summed E-state index contributed by atoms with van der Waals surface area (Å²) in [5.74, 6) is 0. The Kier molecular flexibility index (Phi) is 2.60. The predicted octanol–water partition coefficient (Wildman–Crippen LogP) is 1.41. The number of hydrogen-bond donors (Lipinski definition) is 0. The van der Waals surface area contributed by atoms with Gasteiger partial charge in [0.05, 0.1) is 17.6 Å². The highest BCUT2D eigenvalue weighted by Crippen LogP contribution is 2.18. The molecule has 0 saturated carbocycles. The van der Waals surface area contributed by atoms with Crippen LogP contribution in [0.2, 0.25) is 0 Å². The van der Waals surface area contributed by atoms with Crippen molar-refractivity contribution in [3.63, 3.8) is 0 Å². The van der Waals surface area contributed by atoms with Crippen molar-refractivity contribution in [1.29, 1.82) is 0 Å². The number of rotatable bonds is 2. The van der Waals surface area contributed by atoms with Crippen LogP contribution >= 0.6 is 11.8 Å². The first-order valence-corrected chi connectivity index (χ1v) is 5.87. The second-order valence-electron chi connectivity index (χ2n) is 3.35. The molecule has 1 aliphatic heterocycles. The van der Waals surface area contributed by atoms with Crippen LogP contribution in [0.1, 0.15) is 12.6 Å². The standard InChI is InChI=1S/C9H15N3S/c1-8(13-2)11-5-6-12-9(7-11)3-4-10-12/h3-4,8H,5-7H2,1-2H3. The molecule has 0 amide bonds. The Morgan fingerprint density at radius 2 is 2.38 bits per heavy atom. The molecule has 1 aromatic heterocycles. The highest BCUT2D eigenvalue weighted by atomic mass is 32.2. The second-order valence-corrected chi connectivity index (χ2v) is 4.50. The summed E-state index contributed by atoms with van der Waals surface area (Å²) >= 11 is 1.90. The summed E-state index contributed by atoms with van der Waals surface area (Å²) in [6.07, 6.45) is 4.05. The molecule has 3 nitrogen and oxygen atoms in total. The number of nitrogens with zero attached hydrogens (tertiary/aromatic N) is 3. The smallest absolute Gasteiger partial charge is 0.0540 e. The molecule has 1 atom stereocenters. The lowest BCUT2D eigenvalue weighted by Crippen LogP contribution is -2.38. The third kappa shape index (κ3) is 1.74. The van der Waals surface area contributed by atoms with Gasteiger partial charge in [-0.15, -0.1) is 11.8 Å². The molecule has 0 spiro atoms. The van der Waals surface area contributed by atoms with Crippen molar-refractivity contribution < 1.29 is 0 Å². The van der Waals surface area contributed by atoms with Crippen LogP contribution in [0.5, 0.6) is 0 Å². The summed E-state index contributed by atoms with van der Waals surface area (Å²) in [5, 5.41) is 4.87. The minimum atomic E-state index is 0.614. The fraction of sp³-hybridized carbons (Fsp3) is 0.667. The maximum atomic E-state index is 4.26. The first-order valence-electron chi connectivity index (χ1n) is 4.59. The number of fused-ring (bicyclic) bond motifs is 1. The zero-order valence-electron chi connectivity index (χ0n) is 8.10. The van der Waals surface area contributed by atoms with Gasteiger partial charge in [0.25, 0.3) is 0 Å². The van der Waals surface area contributed by atoms with Crippen molar-refractivity contribution in [1.82, 2.24) is 14.7 Å². The van der Waals surface area contributed by atoms with Gasteiger partial charge in [0, 0.05) is 19.3 Å². The van der Waals surface area contributed by atoms with Gasteiger partial charge in [0.2, 0.25) is 0 Å². The van der Waals surface area contributed by atoms with Crippen LogP contribution in [0.15, 0.2) is 12.3 Å². The van der Waals surface area contributed by atoms with E-state index in [0.717, 1.165) is 19.6 Å². The van der Waals surface area contributed by atoms with E-state index in [4.69, 9.17) is 0 Å². The zero-order chi connectivity index (χ0) is 9.26. The van der Waals surface area contributed by atoms with Crippen molar-refractivity contribution >= 4 is 11.8 Å². The molecule has 0 bridgehead atoms. The molecule has 0 aliphatic carbocycles. The van der Waals surface area contributed by atoms with Crippen molar-refractivity contribution in [2.45, 2.75) is 25.4 Å². The van der Waals surface area contributed by atoms with Gasteiger partial charge < -0.3 is 0 Å². The quantitative estimate of drug-likeness (QED) is 0.715. The largest absolute Gasteiger partial charge is 0.284 e. The van der Waals surface area contributed by atoms with Gasteiger partial charge in [-0.25, -0.2) is 0 Å². The Bertz CT molecular complexity index is 284. The van der Waals surface area contributed by atoms with E-state index < -0.39 is 0 Å². The maximum absolute atomic E-state index is 4.26. The van der Waals surface area contributed by atoms with E-state index >= 15 is 0 Å². The Morgan fingerprint density at radius 1 is 1.54 bits per heavy atom. The van der Waals surface area contributed by atoms with Crippen molar-refractivity contribution in [2.75, 3.05) is 12.8 Å². The van der Waals surface area contributed by atoms with Gasteiger partial charge in [-0.2, -0.15) is 5.10 Å². The normalized spacial score (nSPS) is 19.8. The lowest BCUT2D eigenvalue weighted by atomic mass is 10.3. The van der Waals surface area contributed by atoms with Crippen LogP contribution in [-0.4, -0.2) is 32.9 Å². The van der Waals surface area contributed by atoms with Gasteiger partial charge in [-0.3, -0.25) is 9.58 Å². The Labute approximate surface area is 83.1 Å². The second kappa shape index (κ2) is 3.72. The Morgan fingerprint density at radius 3 is 3.15 bits per heavy atom. The fourth-order valence-electron chi connectivity index (χ4n) is 1.67. The van der Waals surface area contributed by atoms with Crippen LogP contribution < -0.4 is 0 Å². The van der Waals surface area contributed by atoms with Crippen LogP contribution in [0, 0.1) is 0 Å². The molecule has 1 aromatic rings. The van der Waals surface area contributed by atoms with E-state index in [2.05, 4.69) is 33.9 Å². The fourth-order valence-corrected chi connectivity index (χ4v) is 2.14. The molecule has 13 heavy (non-hydrogen) atoms. The summed E-state index contributed by atoms with van der Waals surface area (Å²) < 4.78 is 2.10. The molecule has 1 unspecified atom stereocenters. The predicted molar refractivity (Wildman–Crippen MR) is 55.6 cm³/mol. The Hall–Kier alpha value is -0.480. The highest BCUT2D eigenvalue weighted by Gasteiger charge is 2.19. The zero-order valence-corrected chi connectivity index (χ0v) is 8.92. The average Bonchev–Trinajstić information content (AvgIpc) is 2.63. The molecule has 72 valence electrons. The molecule has 0 aromatic carbocycles. The lowest BCUT2D eigenvalue weighted by molar-refractivity contribution is 0.207. The summed E-state index contributed by atoms with van der Waals surface area (Å²) in [5.41, 5.74) is 1.34. The maximum Gasteiger partial charge on any atom is 0.0540 e. The molecule has 4 heteroatoms. The molecule has 2 rings (SSSR count). The monoisotopic (exact) mass is 197 g/mol. The van der Waals surface area contributed by atoms with Crippen LogP contribution in [0.25, 0.3) is 0 Å². The minimum absolute atomic E-state index is 0.614. The number of aromatic nitrogens is 2. The van der Waals surface area contributed by atoms with Gasteiger partial charge in [0.1, 0.15) is 0 Å². The molecular formula is C9H15N3S. The van der Waals surface area contributed by atoms with E-state index in [0.29, 0.717) is 5.37 Å². The topological polar surface area (TPSA) is 21.1 Å². The average molecular weight is 197 g/mol. The summed E-state index contributed by atoms with van der Waals surface area (Å²) in [4.78, 5) is 2.49.